The molecule has 1 aliphatic rings. The van der Waals surface area contributed by atoms with Gasteiger partial charge in [-0.15, -0.1) is 0 Å². The summed E-state index contributed by atoms with van der Waals surface area (Å²) in [5.74, 6) is -0.459. The van der Waals surface area contributed by atoms with Gasteiger partial charge < -0.3 is 4.74 Å². The number of fused-ring (bicyclic) bond motifs is 1. The molecule has 3 heterocycles. The minimum absolute atomic E-state index is 0.199. The largest absolute Gasteiger partial charge is 0.463 e. The molecule has 0 N–H and O–H groups in total. The van der Waals surface area contributed by atoms with Gasteiger partial charge in [-0.1, -0.05) is 59.4 Å². The van der Waals surface area contributed by atoms with Crippen molar-refractivity contribution in [2.45, 2.75) is 40.7 Å². The first-order valence-corrected chi connectivity index (χ1v) is 13.0. The molecule has 4 aromatic rings. The fourth-order valence-electron chi connectivity index (χ4n) is 4.67. The maximum absolute atomic E-state index is 13.9. The quantitative estimate of drug-likeness (QED) is 0.380. The Kier molecular flexibility index (Phi) is 6.52. The van der Waals surface area contributed by atoms with Crippen LogP contribution in [0.2, 0.25) is 0 Å². The van der Waals surface area contributed by atoms with E-state index in [0.717, 1.165) is 33.8 Å². The zero-order valence-corrected chi connectivity index (χ0v) is 22.3. The number of esters is 1. The highest BCUT2D eigenvalue weighted by Gasteiger charge is 2.33. The molecular weight excluding hydrogens is 484 g/mol. The van der Waals surface area contributed by atoms with Crippen LogP contribution < -0.4 is 14.9 Å². The summed E-state index contributed by atoms with van der Waals surface area (Å²) in [6.45, 7) is 9.74. The predicted molar refractivity (Wildman–Crippen MR) is 145 cm³/mol. The molecule has 0 saturated carbocycles. The standard InChI is InChI=1S/C29H28N4O3S/c1-6-36-28(35)25-19(4)30-29-32(26(25)21-14-12-17(2)13-15-21)27(34)24(37-29)16-23-18(3)31-33(20(23)5)22-10-8-7-9-11-22/h7-16,26H,6H2,1-5H3/b24-16+/t26-/m1/s1. The van der Waals surface area contributed by atoms with E-state index in [0.29, 0.717) is 20.6 Å². The Morgan fingerprint density at radius 2 is 1.76 bits per heavy atom. The van der Waals surface area contributed by atoms with Gasteiger partial charge in [0.05, 0.1) is 39.8 Å². The summed E-state index contributed by atoms with van der Waals surface area (Å²) < 4.78 is 9.41. The maximum Gasteiger partial charge on any atom is 0.338 e. The van der Waals surface area contributed by atoms with Crippen LogP contribution in [0, 0.1) is 20.8 Å². The van der Waals surface area contributed by atoms with E-state index in [1.807, 2.05) is 86.1 Å². The van der Waals surface area contributed by atoms with Crippen molar-refractivity contribution in [3.8, 4) is 5.69 Å². The van der Waals surface area contributed by atoms with Crippen molar-refractivity contribution in [2.75, 3.05) is 6.61 Å². The highest BCUT2D eigenvalue weighted by molar-refractivity contribution is 7.07. The second kappa shape index (κ2) is 9.78. The van der Waals surface area contributed by atoms with Crippen LogP contribution in [-0.4, -0.2) is 26.9 Å². The zero-order valence-electron chi connectivity index (χ0n) is 21.5. The highest BCUT2D eigenvalue weighted by atomic mass is 32.1. The third-order valence-corrected chi connectivity index (χ3v) is 7.52. The normalized spacial score (nSPS) is 15.5. The van der Waals surface area contributed by atoms with Gasteiger partial charge in [0.15, 0.2) is 4.80 Å². The van der Waals surface area contributed by atoms with Crippen molar-refractivity contribution in [2.24, 2.45) is 4.99 Å². The molecule has 5 rings (SSSR count). The van der Waals surface area contributed by atoms with Crippen LogP contribution in [0.5, 0.6) is 0 Å². The molecule has 0 amide bonds. The average Bonchev–Trinajstić information content (AvgIpc) is 3.34. The van der Waals surface area contributed by atoms with Gasteiger partial charge in [-0.2, -0.15) is 5.10 Å². The molecule has 1 aliphatic heterocycles. The van der Waals surface area contributed by atoms with Crippen molar-refractivity contribution in [1.82, 2.24) is 14.3 Å². The summed E-state index contributed by atoms with van der Waals surface area (Å²) in [7, 11) is 0. The van der Waals surface area contributed by atoms with Gasteiger partial charge in [0.25, 0.3) is 5.56 Å². The molecule has 0 aliphatic carbocycles. The molecular formula is C29H28N4O3S. The molecule has 37 heavy (non-hydrogen) atoms. The first kappa shape index (κ1) is 24.6. The van der Waals surface area contributed by atoms with Gasteiger partial charge in [-0.05, 0) is 58.4 Å². The van der Waals surface area contributed by atoms with E-state index in [2.05, 4.69) is 4.99 Å². The Hall–Kier alpha value is -4.04. The first-order chi connectivity index (χ1) is 17.8. The summed E-state index contributed by atoms with van der Waals surface area (Å²) in [6, 6.07) is 17.1. The van der Waals surface area contributed by atoms with E-state index in [-0.39, 0.29) is 12.2 Å². The van der Waals surface area contributed by atoms with Crippen molar-refractivity contribution in [3.63, 3.8) is 0 Å². The molecule has 0 bridgehead atoms. The molecule has 0 fully saturated rings. The van der Waals surface area contributed by atoms with Crippen LogP contribution in [0.4, 0.5) is 0 Å². The van der Waals surface area contributed by atoms with Crippen LogP contribution in [0.1, 0.15) is 48.0 Å². The van der Waals surface area contributed by atoms with E-state index in [1.54, 1.807) is 18.4 Å². The van der Waals surface area contributed by atoms with Gasteiger partial charge >= 0.3 is 5.97 Å². The minimum atomic E-state index is -0.618. The Bertz CT molecular complexity index is 1710. The fourth-order valence-corrected chi connectivity index (χ4v) is 5.70. The van der Waals surface area contributed by atoms with Crippen LogP contribution >= 0.6 is 11.3 Å². The van der Waals surface area contributed by atoms with Crippen LogP contribution in [-0.2, 0) is 9.53 Å². The Labute approximate surface area is 218 Å². The number of para-hydroxylation sites is 1. The summed E-state index contributed by atoms with van der Waals surface area (Å²) in [4.78, 5) is 32.1. The van der Waals surface area contributed by atoms with E-state index in [9.17, 15) is 9.59 Å². The number of thiazole rings is 1. The monoisotopic (exact) mass is 512 g/mol. The van der Waals surface area contributed by atoms with Crippen LogP contribution in [0.3, 0.4) is 0 Å². The van der Waals surface area contributed by atoms with Crippen LogP contribution in [0.15, 0.2) is 75.7 Å². The summed E-state index contributed by atoms with van der Waals surface area (Å²) >= 11 is 1.32. The predicted octanol–water partition coefficient (Wildman–Crippen LogP) is 3.91. The number of allylic oxidation sites excluding steroid dienone is 1. The number of hydrogen-bond acceptors (Lipinski definition) is 6. The van der Waals surface area contributed by atoms with Crippen molar-refractivity contribution in [1.29, 1.82) is 0 Å². The lowest BCUT2D eigenvalue weighted by atomic mass is 9.95. The second-order valence-corrected chi connectivity index (χ2v) is 10.1. The summed E-state index contributed by atoms with van der Waals surface area (Å²) in [6.07, 6.45) is 1.89. The summed E-state index contributed by atoms with van der Waals surface area (Å²) in [5.41, 5.74) is 6.28. The molecule has 8 heteroatoms. The van der Waals surface area contributed by atoms with E-state index >= 15 is 0 Å². The maximum atomic E-state index is 13.9. The number of carbonyl (C=O) groups is 1. The Morgan fingerprint density at radius 1 is 1.05 bits per heavy atom. The number of nitrogens with zero attached hydrogens (tertiary/aromatic N) is 4. The average molecular weight is 513 g/mol. The van der Waals surface area contributed by atoms with Crippen molar-refractivity contribution >= 4 is 23.4 Å². The third kappa shape index (κ3) is 4.38. The number of hydrogen-bond donors (Lipinski definition) is 0. The third-order valence-electron chi connectivity index (χ3n) is 6.53. The SMILES string of the molecule is CCOC(=O)C1=C(C)N=c2s/c(=C/c3c(C)nn(-c4ccccc4)c3C)c(=O)n2[C@@H]1c1ccc(C)cc1. The van der Waals surface area contributed by atoms with Gasteiger partial charge in [0.2, 0.25) is 0 Å². The minimum Gasteiger partial charge on any atom is -0.463 e. The molecule has 2 aromatic heterocycles. The molecule has 0 saturated heterocycles. The number of benzene rings is 2. The fraction of sp³-hybridized carbons (Fsp3) is 0.241. The van der Waals surface area contributed by atoms with E-state index < -0.39 is 12.0 Å². The lowest BCUT2D eigenvalue weighted by Gasteiger charge is -2.24. The van der Waals surface area contributed by atoms with Gasteiger partial charge in [0, 0.05) is 11.3 Å². The zero-order chi connectivity index (χ0) is 26.3. The molecule has 7 nitrogen and oxygen atoms in total. The summed E-state index contributed by atoms with van der Waals surface area (Å²) in [5, 5.41) is 4.72. The van der Waals surface area contributed by atoms with Gasteiger partial charge in [-0.3, -0.25) is 9.36 Å². The topological polar surface area (TPSA) is 78.5 Å². The van der Waals surface area contributed by atoms with Crippen LogP contribution in [0.25, 0.3) is 11.8 Å². The van der Waals surface area contributed by atoms with Gasteiger partial charge in [-0.25, -0.2) is 14.5 Å². The van der Waals surface area contributed by atoms with E-state index in [4.69, 9.17) is 9.84 Å². The smallest absolute Gasteiger partial charge is 0.338 e. The molecule has 188 valence electrons. The lowest BCUT2D eigenvalue weighted by molar-refractivity contribution is -0.139. The van der Waals surface area contributed by atoms with E-state index in [1.165, 1.54) is 11.3 Å². The first-order valence-electron chi connectivity index (χ1n) is 12.2. The molecule has 0 unspecified atom stereocenters. The number of carbonyl (C=O) groups excluding carboxylic acids is 1. The molecule has 0 spiro atoms. The molecule has 1 atom stereocenters. The number of aromatic nitrogens is 3. The highest BCUT2D eigenvalue weighted by Crippen LogP contribution is 2.31. The molecule has 2 aromatic carbocycles. The van der Waals surface area contributed by atoms with Crippen molar-refractivity contribution < 1.29 is 9.53 Å². The number of rotatable bonds is 5. The Morgan fingerprint density at radius 3 is 2.43 bits per heavy atom. The van der Waals surface area contributed by atoms with Gasteiger partial charge in [0.1, 0.15) is 0 Å². The van der Waals surface area contributed by atoms with Crippen molar-refractivity contribution in [3.05, 3.63) is 114 Å². The number of aryl methyl sites for hydroxylation is 2. The second-order valence-electron chi connectivity index (χ2n) is 9.04. The Balaban J connectivity index is 1.70. The number of ether oxygens (including phenoxy) is 1. The molecule has 0 radical (unpaired) electrons. The lowest BCUT2D eigenvalue weighted by Crippen LogP contribution is -2.39.